The van der Waals surface area contributed by atoms with Crippen molar-refractivity contribution in [2.75, 3.05) is 5.32 Å². The van der Waals surface area contributed by atoms with Crippen LogP contribution in [0.2, 0.25) is 0 Å². The molecule has 0 saturated heterocycles. The molecule has 0 unspecified atom stereocenters. The van der Waals surface area contributed by atoms with Crippen LogP contribution in [0.3, 0.4) is 0 Å². The van der Waals surface area contributed by atoms with Crippen molar-refractivity contribution < 1.29 is 19.1 Å². The fraction of sp³-hybridized carbons (Fsp3) is 0.0400. The van der Waals surface area contributed by atoms with Gasteiger partial charge in [0, 0.05) is 11.1 Å². The molecule has 5 aromatic rings. The molecule has 3 heterocycles. The molecule has 0 amide bonds. The standard InChI is InChI=1S/C25H18N4O4/c30-25(31)23-11-10-22(33-23)20-12-19-21(13-26-20)27-15-28-24(19)29-17-6-8-18(9-7-17)32-14-16-4-2-1-3-5-16/h1-13,15H,14H2,(H,30,31)(H,27,28,29). The molecular weight excluding hydrogens is 420 g/mol. The van der Waals surface area contributed by atoms with E-state index in [1.165, 1.54) is 12.4 Å². The van der Waals surface area contributed by atoms with Crippen LogP contribution in [-0.4, -0.2) is 26.0 Å². The normalized spacial score (nSPS) is 10.8. The number of pyridine rings is 1. The van der Waals surface area contributed by atoms with Gasteiger partial charge in [0.15, 0.2) is 5.76 Å². The quantitative estimate of drug-likeness (QED) is 0.352. The molecule has 162 valence electrons. The van der Waals surface area contributed by atoms with E-state index in [9.17, 15) is 4.79 Å². The van der Waals surface area contributed by atoms with Crippen LogP contribution in [0.25, 0.3) is 22.4 Å². The van der Waals surface area contributed by atoms with Gasteiger partial charge in [-0.05, 0) is 48.0 Å². The third kappa shape index (κ3) is 4.49. The van der Waals surface area contributed by atoms with Gasteiger partial charge in [-0.2, -0.15) is 0 Å². The number of benzene rings is 2. The predicted molar refractivity (Wildman–Crippen MR) is 122 cm³/mol. The maximum absolute atomic E-state index is 11.1. The summed E-state index contributed by atoms with van der Waals surface area (Å²) >= 11 is 0. The van der Waals surface area contributed by atoms with E-state index < -0.39 is 5.97 Å². The lowest BCUT2D eigenvalue weighted by Gasteiger charge is -2.10. The molecule has 0 bridgehead atoms. The van der Waals surface area contributed by atoms with Gasteiger partial charge in [0.2, 0.25) is 5.76 Å². The fourth-order valence-corrected chi connectivity index (χ4v) is 3.30. The number of furan rings is 1. The van der Waals surface area contributed by atoms with Crippen LogP contribution in [0.15, 0.2) is 89.7 Å². The third-order valence-electron chi connectivity index (χ3n) is 4.96. The zero-order chi connectivity index (χ0) is 22.6. The second kappa shape index (κ2) is 8.80. The molecule has 8 heteroatoms. The minimum absolute atomic E-state index is 0.149. The molecule has 0 aliphatic rings. The van der Waals surface area contributed by atoms with Crippen molar-refractivity contribution in [3.8, 4) is 17.2 Å². The molecule has 0 saturated carbocycles. The summed E-state index contributed by atoms with van der Waals surface area (Å²) in [6, 6.07) is 22.3. The van der Waals surface area contributed by atoms with E-state index in [1.54, 1.807) is 18.3 Å². The Morgan fingerprint density at radius 3 is 2.55 bits per heavy atom. The van der Waals surface area contributed by atoms with Crippen LogP contribution < -0.4 is 10.1 Å². The van der Waals surface area contributed by atoms with Gasteiger partial charge in [-0.3, -0.25) is 4.98 Å². The van der Waals surface area contributed by atoms with Gasteiger partial charge < -0.3 is 19.6 Å². The van der Waals surface area contributed by atoms with Crippen molar-refractivity contribution in [2.45, 2.75) is 6.61 Å². The van der Waals surface area contributed by atoms with Gasteiger partial charge in [0.25, 0.3) is 0 Å². The number of nitrogens with one attached hydrogen (secondary N) is 1. The summed E-state index contributed by atoms with van der Waals surface area (Å²) in [6.07, 6.45) is 3.06. The van der Waals surface area contributed by atoms with E-state index in [2.05, 4.69) is 20.3 Å². The summed E-state index contributed by atoms with van der Waals surface area (Å²) < 4.78 is 11.2. The second-order valence-corrected chi connectivity index (χ2v) is 7.20. The van der Waals surface area contributed by atoms with E-state index in [1.807, 2.05) is 54.6 Å². The van der Waals surface area contributed by atoms with E-state index in [-0.39, 0.29) is 5.76 Å². The zero-order valence-corrected chi connectivity index (χ0v) is 17.3. The Labute approximate surface area is 188 Å². The lowest BCUT2D eigenvalue weighted by Crippen LogP contribution is -1.98. The number of hydrogen-bond acceptors (Lipinski definition) is 7. The molecule has 5 rings (SSSR count). The van der Waals surface area contributed by atoms with Crippen molar-refractivity contribution >= 4 is 28.4 Å². The van der Waals surface area contributed by atoms with Gasteiger partial charge in [-0.15, -0.1) is 0 Å². The Morgan fingerprint density at radius 2 is 1.79 bits per heavy atom. The van der Waals surface area contributed by atoms with Crippen LogP contribution in [0.5, 0.6) is 5.75 Å². The minimum atomic E-state index is -1.14. The Morgan fingerprint density at radius 1 is 0.970 bits per heavy atom. The van der Waals surface area contributed by atoms with Gasteiger partial charge in [0.1, 0.15) is 30.2 Å². The van der Waals surface area contributed by atoms with Crippen molar-refractivity contribution in [3.63, 3.8) is 0 Å². The molecule has 8 nitrogen and oxygen atoms in total. The number of fused-ring (bicyclic) bond motifs is 1. The van der Waals surface area contributed by atoms with Gasteiger partial charge >= 0.3 is 5.97 Å². The molecule has 0 aliphatic heterocycles. The molecule has 0 fully saturated rings. The molecule has 3 aromatic heterocycles. The van der Waals surface area contributed by atoms with E-state index in [4.69, 9.17) is 14.3 Å². The monoisotopic (exact) mass is 438 g/mol. The van der Waals surface area contributed by atoms with Crippen LogP contribution in [0.4, 0.5) is 11.5 Å². The largest absolute Gasteiger partial charge is 0.489 e. The highest BCUT2D eigenvalue weighted by atomic mass is 16.5. The molecule has 0 spiro atoms. The average Bonchev–Trinajstić information content (AvgIpc) is 3.35. The lowest BCUT2D eigenvalue weighted by molar-refractivity contribution is 0.0663. The zero-order valence-electron chi connectivity index (χ0n) is 17.3. The summed E-state index contributed by atoms with van der Waals surface area (Å²) in [5.41, 5.74) is 3.05. The molecule has 0 atom stereocenters. The number of nitrogens with zero attached hydrogens (tertiary/aromatic N) is 3. The summed E-state index contributed by atoms with van der Waals surface area (Å²) in [5, 5.41) is 13.1. The first kappa shape index (κ1) is 20.2. The predicted octanol–water partition coefficient (Wildman–Crippen LogP) is 5.31. The lowest BCUT2D eigenvalue weighted by atomic mass is 10.2. The van der Waals surface area contributed by atoms with Crippen LogP contribution in [0.1, 0.15) is 16.1 Å². The fourth-order valence-electron chi connectivity index (χ4n) is 3.30. The Bertz CT molecular complexity index is 1420. The highest BCUT2D eigenvalue weighted by molar-refractivity contribution is 5.92. The summed E-state index contributed by atoms with van der Waals surface area (Å²) in [7, 11) is 0. The van der Waals surface area contributed by atoms with Crippen molar-refractivity contribution in [1.82, 2.24) is 15.0 Å². The maximum atomic E-state index is 11.1. The number of carbonyl (C=O) groups is 1. The number of aromatic carboxylic acids is 1. The highest BCUT2D eigenvalue weighted by Crippen LogP contribution is 2.28. The number of hydrogen-bond donors (Lipinski definition) is 2. The molecular formula is C25H18N4O4. The number of aromatic nitrogens is 3. The topological polar surface area (TPSA) is 110 Å². The SMILES string of the molecule is O=C(O)c1ccc(-c2cc3c(Nc4ccc(OCc5ccccc5)cc4)ncnc3cn2)o1. The van der Waals surface area contributed by atoms with E-state index in [0.717, 1.165) is 22.4 Å². The maximum Gasteiger partial charge on any atom is 0.371 e. The van der Waals surface area contributed by atoms with Crippen molar-refractivity contribution in [1.29, 1.82) is 0 Å². The first-order chi connectivity index (χ1) is 16.2. The number of carboxylic acid groups (broad SMARTS) is 1. The van der Waals surface area contributed by atoms with Gasteiger partial charge in [-0.1, -0.05) is 30.3 Å². The third-order valence-corrected chi connectivity index (χ3v) is 4.96. The molecule has 0 radical (unpaired) electrons. The van der Waals surface area contributed by atoms with Gasteiger partial charge in [-0.25, -0.2) is 14.8 Å². The Hall–Kier alpha value is -4.72. The van der Waals surface area contributed by atoms with Gasteiger partial charge in [0.05, 0.1) is 11.7 Å². The summed E-state index contributed by atoms with van der Waals surface area (Å²) in [4.78, 5) is 24.1. The Kier molecular flexibility index (Phi) is 5.38. The van der Waals surface area contributed by atoms with Crippen molar-refractivity contribution in [2.24, 2.45) is 0 Å². The smallest absolute Gasteiger partial charge is 0.371 e. The molecule has 33 heavy (non-hydrogen) atoms. The minimum Gasteiger partial charge on any atom is -0.489 e. The van der Waals surface area contributed by atoms with Crippen molar-refractivity contribution in [3.05, 3.63) is 96.6 Å². The van der Waals surface area contributed by atoms with Crippen LogP contribution in [0, 0.1) is 0 Å². The highest BCUT2D eigenvalue weighted by Gasteiger charge is 2.13. The second-order valence-electron chi connectivity index (χ2n) is 7.20. The molecule has 0 aliphatic carbocycles. The Balaban J connectivity index is 1.36. The number of carboxylic acids is 1. The summed E-state index contributed by atoms with van der Waals surface area (Å²) in [5.74, 6) is 0.416. The average molecular weight is 438 g/mol. The summed E-state index contributed by atoms with van der Waals surface area (Å²) in [6.45, 7) is 0.496. The van der Waals surface area contributed by atoms with Crippen LogP contribution >= 0.6 is 0 Å². The molecule has 2 aromatic carbocycles. The van der Waals surface area contributed by atoms with Crippen LogP contribution in [-0.2, 0) is 6.61 Å². The van der Waals surface area contributed by atoms with E-state index in [0.29, 0.717) is 29.4 Å². The number of rotatable bonds is 7. The number of anilines is 2. The first-order valence-corrected chi connectivity index (χ1v) is 10.1. The first-order valence-electron chi connectivity index (χ1n) is 10.1. The number of ether oxygens (including phenoxy) is 1. The van der Waals surface area contributed by atoms with E-state index >= 15 is 0 Å². The molecule has 2 N–H and O–H groups in total.